The van der Waals surface area contributed by atoms with Crippen LogP contribution in [0.3, 0.4) is 0 Å². The van der Waals surface area contributed by atoms with Crippen LogP contribution in [-0.2, 0) is 0 Å². The van der Waals surface area contributed by atoms with Crippen molar-refractivity contribution >= 4 is 22.6 Å². The lowest BCUT2D eigenvalue weighted by Gasteiger charge is -2.25. The van der Waals surface area contributed by atoms with Crippen molar-refractivity contribution in [2.75, 3.05) is 19.6 Å². The fourth-order valence-corrected chi connectivity index (χ4v) is 3.06. The molecule has 0 saturated carbocycles. The van der Waals surface area contributed by atoms with E-state index in [-0.39, 0.29) is 5.38 Å². The Hall–Kier alpha value is -1.06. The van der Waals surface area contributed by atoms with Crippen molar-refractivity contribution < 1.29 is 0 Å². The second kappa shape index (κ2) is 6.80. The molecule has 0 radical (unpaired) electrons. The molecule has 0 spiro atoms. The van der Waals surface area contributed by atoms with Crippen molar-refractivity contribution in [3.8, 4) is 0 Å². The van der Waals surface area contributed by atoms with Gasteiger partial charge >= 0.3 is 0 Å². The highest BCUT2D eigenvalue weighted by Gasteiger charge is 2.20. The summed E-state index contributed by atoms with van der Waals surface area (Å²) in [5.74, 6) is 0.969. The van der Waals surface area contributed by atoms with Crippen LogP contribution < -0.4 is 0 Å². The standard InChI is InChI=1S/C17H26ClN3/c1-6-20(7-2)11-13(4)21-16-10-12(3)8-9-15(16)19-17(21)14(5)18/h8-10,13-14H,6-7,11H2,1-5H3. The minimum Gasteiger partial charge on any atom is -0.323 e. The van der Waals surface area contributed by atoms with E-state index in [1.807, 2.05) is 6.92 Å². The molecule has 3 nitrogen and oxygen atoms in total. The number of fused-ring (bicyclic) bond motifs is 1. The number of aryl methyl sites for hydroxylation is 1. The molecule has 0 bridgehead atoms. The molecule has 1 aromatic carbocycles. The van der Waals surface area contributed by atoms with Gasteiger partial charge in [0.25, 0.3) is 0 Å². The quantitative estimate of drug-likeness (QED) is 0.730. The lowest BCUT2D eigenvalue weighted by atomic mass is 10.2. The Labute approximate surface area is 132 Å². The van der Waals surface area contributed by atoms with Gasteiger partial charge in [-0.05, 0) is 51.6 Å². The number of imidazole rings is 1. The molecule has 2 unspecified atom stereocenters. The van der Waals surface area contributed by atoms with Gasteiger partial charge < -0.3 is 9.47 Å². The molecule has 2 atom stereocenters. The number of aromatic nitrogens is 2. The minimum atomic E-state index is -0.0862. The number of hydrogen-bond donors (Lipinski definition) is 0. The zero-order valence-electron chi connectivity index (χ0n) is 13.7. The maximum absolute atomic E-state index is 6.37. The smallest absolute Gasteiger partial charge is 0.128 e. The molecule has 2 aromatic rings. The highest BCUT2D eigenvalue weighted by molar-refractivity contribution is 6.20. The summed E-state index contributed by atoms with van der Waals surface area (Å²) in [6.45, 7) is 13.9. The maximum atomic E-state index is 6.37. The van der Waals surface area contributed by atoms with Crippen LogP contribution in [0.4, 0.5) is 0 Å². The van der Waals surface area contributed by atoms with Crippen LogP contribution in [0, 0.1) is 6.92 Å². The summed E-state index contributed by atoms with van der Waals surface area (Å²) in [5, 5.41) is -0.0862. The number of halogens is 1. The molecule has 0 N–H and O–H groups in total. The van der Waals surface area contributed by atoms with Gasteiger partial charge in [0.05, 0.1) is 16.4 Å². The average molecular weight is 308 g/mol. The van der Waals surface area contributed by atoms with Gasteiger partial charge in [-0.3, -0.25) is 0 Å². The first kappa shape index (κ1) is 16.3. The Morgan fingerprint density at radius 2 is 1.90 bits per heavy atom. The first-order chi connectivity index (χ1) is 9.97. The Morgan fingerprint density at radius 3 is 2.48 bits per heavy atom. The van der Waals surface area contributed by atoms with Gasteiger partial charge in [-0.1, -0.05) is 19.9 Å². The third-order valence-corrected chi connectivity index (χ3v) is 4.28. The summed E-state index contributed by atoms with van der Waals surface area (Å²) in [4.78, 5) is 7.19. The lowest BCUT2D eigenvalue weighted by molar-refractivity contribution is 0.261. The Kier molecular flexibility index (Phi) is 5.28. The molecule has 0 amide bonds. The molecule has 1 aromatic heterocycles. The van der Waals surface area contributed by atoms with E-state index < -0.39 is 0 Å². The lowest BCUT2D eigenvalue weighted by Crippen LogP contribution is -2.30. The van der Waals surface area contributed by atoms with Gasteiger partial charge in [-0.15, -0.1) is 11.6 Å². The second-order valence-electron chi connectivity index (χ2n) is 5.78. The van der Waals surface area contributed by atoms with Crippen LogP contribution in [-0.4, -0.2) is 34.1 Å². The number of likely N-dealkylation sites (N-methyl/N-ethyl adjacent to an activating group) is 1. The third kappa shape index (κ3) is 3.41. The van der Waals surface area contributed by atoms with Crippen molar-refractivity contribution in [2.24, 2.45) is 0 Å². The van der Waals surface area contributed by atoms with Gasteiger partial charge in [0.2, 0.25) is 0 Å². The van der Waals surface area contributed by atoms with Crippen LogP contribution in [0.25, 0.3) is 11.0 Å². The fourth-order valence-electron chi connectivity index (χ4n) is 2.90. The van der Waals surface area contributed by atoms with Crippen LogP contribution in [0.2, 0.25) is 0 Å². The largest absolute Gasteiger partial charge is 0.323 e. The molecular weight excluding hydrogens is 282 g/mol. The van der Waals surface area contributed by atoms with Crippen LogP contribution in [0.1, 0.15) is 50.5 Å². The molecule has 116 valence electrons. The molecule has 0 aliphatic rings. The van der Waals surface area contributed by atoms with Crippen LogP contribution >= 0.6 is 11.6 Å². The zero-order chi connectivity index (χ0) is 15.6. The van der Waals surface area contributed by atoms with Gasteiger partial charge in [-0.25, -0.2) is 4.98 Å². The number of hydrogen-bond acceptors (Lipinski definition) is 2. The second-order valence-corrected chi connectivity index (χ2v) is 6.44. The van der Waals surface area contributed by atoms with E-state index in [2.05, 4.69) is 55.4 Å². The van der Waals surface area contributed by atoms with E-state index in [4.69, 9.17) is 16.6 Å². The normalized spacial score (nSPS) is 14.8. The van der Waals surface area contributed by atoms with E-state index in [9.17, 15) is 0 Å². The molecule has 21 heavy (non-hydrogen) atoms. The van der Waals surface area contributed by atoms with E-state index in [1.165, 1.54) is 11.1 Å². The van der Waals surface area contributed by atoms with Crippen molar-refractivity contribution in [3.05, 3.63) is 29.6 Å². The van der Waals surface area contributed by atoms with Crippen molar-refractivity contribution in [1.82, 2.24) is 14.5 Å². The number of alkyl halides is 1. The average Bonchev–Trinajstić information content (AvgIpc) is 2.83. The maximum Gasteiger partial charge on any atom is 0.128 e. The van der Waals surface area contributed by atoms with Crippen molar-refractivity contribution in [1.29, 1.82) is 0 Å². The molecule has 1 heterocycles. The van der Waals surface area contributed by atoms with E-state index >= 15 is 0 Å². The van der Waals surface area contributed by atoms with Gasteiger partial charge in [0.1, 0.15) is 5.82 Å². The van der Waals surface area contributed by atoms with Gasteiger partial charge in [-0.2, -0.15) is 0 Å². The molecule has 2 rings (SSSR count). The summed E-state index contributed by atoms with van der Waals surface area (Å²) < 4.78 is 2.32. The summed E-state index contributed by atoms with van der Waals surface area (Å²) in [7, 11) is 0. The van der Waals surface area contributed by atoms with E-state index in [1.54, 1.807) is 0 Å². The van der Waals surface area contributed by atoms with Crippen LogP contribution in [0.5, 0.6) is 0 Å². The molecular formula is C17H26ClN3. The molecule has 0 fully saturated rings. The van der Waals surface area contributed by atoms with Gasteiger partial charge in [0.15, 0.2) is 0 Å². The number of benzene rings is 1. The Morgan fingerprint density at radius 1 is 1.24 bits per heavy atom. The van der Waals surface area contributed by atoms with Crippen molar-refractivity contribution in [2.45, 2.75) is 46.0 Å². The first-order valence-corrected chi connectivity index (χ1v) is 8.26. The zero-order valence-corrected chi connectivity index (χ0v) is 14.5. The first-order valence-electron chi connectivity index (χ1n) is 7.82. The minimum absolute atomic E-state index is 0.0862. The highest BCUT2D eigenvalue weighted by Crippen LogP contribution is 2.29. The van der Waals surface area contributed by atoms with Crippen molar-refractivity contribution in [3.63, 3.8) is 0 Å². The highest BCUT2D eigenvalue weighted by atomic mass is 35.5. The van der Waals surface area contributed by atoms with E-state index in [0.29, 0.717) is 6.04 Å². The van der Waals surface area contributed by atoms with E-state index in [0.717, 1.165) is 31.0 Å². The summed E-state index contributed by atoms with van der Waals surface area (Å²) in [6, 6.07) is 6.77. The molecule has 4 heteroatoms. The topological polar surface area (TPSA) is 21.1 Å². The summed E-state index contributed by atoms with van der Waals surface area (Å²) >= 11 is 6.37. The Bertz CT molecular complexity index is 599. The fraction of sp³-hybridized carbons (Fsp3) is 0.588. The van der Waals surface area contributed by atoms with Crippen LogP contribution in [0.15, 0.2) is 18.2 Å². The summed E-state index contributed by atoms with van der Waals surface area (Å²) in [5.41, 5.74) is 3.49. The monoisotopic (exact) mass is 307 g/mol. The third-order valence-electron chi connectivity index (χ3n) is 4.09. The number of rotatable bonds is 6. The predicted molar refractivity (Wildman–Crippen MR) is 91.2 cm³/mol. The Balaban J connectivity index is 2.48. The predicted octanol–water partition coefficient (Wildman–Crippen LogP) is 4.55. The molecule has 0 saturated heterocycles. The molecule has 0 aliphatic carbocycles. The SMILES string of the molecule is CCN(CC)CC(C)n1c(C(C)Cl)nc2ccc(C)cc21. The summed E-state index contributed by atoms with van der Waals surface area (Å²) in [6.07, 6.45) is 0. The van der Waals surface area contributed by atoms with Gasteiger partial charge in [0, 0.05) is 12.6 Å². The molecule has 0 aliphatic heterocycles. The number of nitrogens with zero attached hydrogens (tertiary/aromatic N) is 3.